The molecule has 0 aromatic carbocycles. The first-order valence-electron chi connectivity index (χ1n) is 5.55. The van der Waals surface area contributed by atoms with Gasteiger partial charge in [-0.25, -0.2) is 9.48 Å². The molecule has 1 N–H and O–H groups in total. The van der Waals surface area contributed by atoms with E-state index in [2.05, 4.69) is 27.9 Å². The van der Waals surface area contributed by atoms with Crippen molar-refractivity contribution in [2.24, 2.45) is 0 Å². The van der Waals surface area contributed by atoms with Crippen LogP contribution in [0.1, 0.15) is 19.5 Å². The van der Waals surface area contributed by atoms with E-state index < -0.39 is 11.5 Å². The molecular formula is C12H16N4O3. The Labute approximate surface area is 110 Å². The van der Waals surface area contributed by atoms with Crippen molar-refractivity contribution in [3.05, 3.63) is 30.3 Å². The van der Waals surface area contributed by atoms with E-state index in [-0.39, 0.29) is 12.5 Å². The highest BCUT2D eigenvalue weighted by molar-refractivity contribution is 5.87. The average Bonchev–Trinajstić information content (AvgIpc) is 2.85. The Kier molecular flexibility index (Phi) is 4.61. The van der Waals surface area contributed by atoms with Gasteiger partial charge in [-0.15, -0.1) is 10.8 Å². The Morgan fingerprint density at radius 3 is 2.89 bits per heavy atom. The Balaban J connectivity index is 2.75. The third kappa shape index (κ3) is 3.53. The van der Waals surface area contributed by atoms with Crippen molar-refractivity contribution in [1.29, 1.82) is 0 Å². The minimum absolute atomic E-state index is 0.203. The minimum atomic E-state index is -0.953. The molecule has 0 fully saturated rings. The molecule has 102 valence electrons. The smallest absolute Gasteiger partial charge is 0.333 e. The van der Waals surface area contributed by atoms with E-state index in [0.717, 1.165) is 0 Å². The molecule has 1 aromatic rings. The van der Waals surface area contributed by atoms with Crippen molar-refractivity contribution in [1.82, 2.24) is 20.3 Å². The van der Waals surface area contributed by atoms with Crippen LogP contribution in [0.4, 0.5) is 0 Å². The zero-order chi connectivity index (χ0) is 14.5. The Morgan fingerprint density at radius 2 is 2.32 bits per heavy atom. The molecule has 0 bridgehead atoms. The summed E-state index contributed by atoms with van der Waals surface area (Å²) < 4.78 is 6.08. The van der Waals surface area contributed by atoms with Gasteiger partial charge in [0.2, 0.25) is 0 Å². The average molecular weight is 264 g/mol. The summed E-state index contributed by atoms with van der Waals surface area (Å²) in [5, 5.41) is 10.3. The molecule has 19 heavy (non-hydrogen) atoms. The van der Waals surface area contributed by atoms with Crippen LogP contribution >= 0.6 is 0 Å². The molecular weight excluding hydrogens is 248 g/mol. The molecule has 7 heteroatoms. The SMILES string of the molecule is C=C=CC(=O)NCc1cn(C(C)(C)C(=O)OC)nn1. The summed E-state index contributed by atoms with van der Waals surface area (Å²) in [6.07, 6.45) is 2.76. The van der Waals surface area contributed by atoms with Crippen molar-refractivity contribution >= 4 is 11.9 Å². The van der Waals surface area contributed by atoms with Gasteiger partial charge in [0, 0.05) is 6.08 Å². The quantitative estimate of drug-likeness (QED) is 0.464. The maximum absolute atomic E-state index is 11.6. The maximum atomic E-state index is 11.6. The van der Waals surface area contributed by atoms with Crippen LogP contribution in [-0.2, 0) is 26.4 Å². The Morgan fingerprint density at radius 1 is 1.63 bits per heavy atom. The predicted octanol–water partition coefficient (Wildman–Crippen LogP) is 0.143. The fraction of sp³-hybridized carbons (Fsp3) is 0.417. The second-order valence-corrected chi connectivity index (χ2v) is 4.27. The van der Waals surface area contributed by atoms with Crippen molar-refractivity contribution in [3.63, 3.8) is 0 Å². The van der Waals surface area contributed by atoms with Crippen LogP contribution < -0.4 is 5.32 Å². The van der Waals surface area contributed by atoms with Crippen molar-refractivity contribution in [2.75, 3.05) is 7.11 Å². The topological polar surface area (TPSA) is 86.1 Å². The van der Waals surface area contributed by atoms with E-state index in [1.165, 1.54) is 17.9 Å². The summed E-state index contributed by atoms with van der Waals surface area (Å²) in [5.41, 5.74) is 1.94. The van der Waals surface area contributed by atoms with E-state index in [0.29, 0.717) is 5.69 Å². The predicted molar refractivity (Wildman–Crippen MR) is 66.9 cm³/mol. The summed E-state index contributed by atoms with van der Waals surface area (Å²) in [7, 11) is 1.31. The van der Waals surface area contributed by atoms with Gasteiger partial charge in [0.1, 0.15) is 5.69 Å². The number of rotatable bonds is 5. The molecule has 7 nitrogen and oxygen atoms in total. The normalized spacial score (nSPS) is 10.5. The molecule has 0 atom stereocenters. The van der Waals surface area contributed by atoms with Crippen LogP contribution in [-0.4, -0.2) is 34.0 Å². The number of carbonyl (C=O) groups is 2. The molecule has 0 aliphatic rings. The summed E-state index contributed by atoms with van der Waals surface area (Å²) in [6.45, 7) is 6.82. The fourth-order valence-electron chi connectivity index (χ4n) is 1.32. The van der Waals surface area contributed by atoms with Crippen molar-refractivity contribution in [3.8, 4) is 0 Å². The monoisotopic (exact) mass is 264 g/mol. The van der Waals surface area contributed by atoms with Gasteiger partial charge in [-0.3, -0.25) is 4.79 Å². The van der Waals surface area contributed by atoms with Gasteiger partial charge in [0.25, 0.3) is 5.91 Å². The molecule has 0 aliphatic carbocycles. The van der Waals surface area contributed by atoms with Gasteiger partial charge in [-0.1, -0.05) is 11.8 Å². The number of hydrogen-bond donors (Lipinski definition) is 1. The highest BCUT2D eigenvalue weighted by Gasteiger charge is 2.32. The Bertz CT molecular complexity index is 527. The molecule has 1 rings (SSSR count). The number of esters is 1. The molecule has 1 aromatic heterocycles. The third-order valence-electron chi connectivity index (χ3n) is 2.48. The largest absolute Gasteiger partial charge is 0.467 e. The van der Waals surface area contributed by atoms with E-state index in [1.807, 2.05) is 0 Å². The number of aromatic nitrogens is 3. The molecule has 1 amide bonds. The number of ether oxygens (including phenoxy) is 1. The van der Waals surface area contributed by atoms with Crippen LogP contribution in [0.15, 0.2) is 24.6 Å². The van der Waals surface area contributed by atoms with E-state index in [9.17, 15) is 9.59 Å². The Hall–Kier alpha value is -2.40. The zero-order valence-corrected chi connectivity index (χ0v) is 11.1. The fourth-order valence-corrected chi connectivity index (χ4v) is 1.32. The van der Waals surface area contributed by atoms with E-state index >= 15 is 0 Å². The molecule has 0 saturated heterocycles. The summed E-state index contributed by atoms with van der Waals surface area (Å²) in [5.74, 6) is -0.751. The van der Waals surface area contributed by atoms with Gasteiger partial charge in [0.05, 0.1) is 19.9 Å². The molecule has 0 aliphatic heterocycles. The summed E-state index contributed by atoms with van der Waals surface area (Å²) in [6, 6.07) is 0. The summed E-state index contributed by atoms with van der Waals surface area (Å²) in [4.78, 5) is 22.8. The molecule has 0 spiro atoms. The van der Waals surface area contributed by atoms with E-state index in [4.69, 9.17) is 4.74 Å². The number of hydrogen-bond acceptors (Lipinski definition) is 5. The zero-order valence-electron chi connectivity index (χ0n) is 11.1. The van der Waals surface area contributed by atoms with E-state index in [1.54, 1.807) is 20.0 Å². The highest BCUT2D eigenvalue weighted by atomic mass is 16.5. The first-order chi connectivity index (χ1) is 8.91. The number of amides is 1. The number of carbonyl (C=O) groups excluding carboxylic acids is 2. The van der Waals surface area contributed by atoms with Crippen molar-refractivity contribution < 1.29 is 14.3 Å². The first kappa shape index (κ1) is 14.7. The van der Waals surface area contributed by atoms with Crippen LogP contribution in [0.3, 0.4) is 0 Å². The molecule has 0 saturated carbocycles. The van der Waals surface area contributed by atoms with Gasteiger partial charge in [-0.2, -0.15) is 0 Å². The highest BCUT2D eigenvalue weighted by Crippen LogP contribution is 2.15. The third-order valence-corrected chi connectivity index (χ3v) is 2.48. The molecule has 0 radical (unpaired) electrons. The van der Waals surface area contributed by atoms with Crippen molar-refractivity contribution in [2.45, 2.75) is 25.9 Å². The molecule has 1 heterocycles. The standard InChI is InChI=1S/C12H16N4O3/c1-5-6-10(17)13-7-9-8-16(15-14-9)12(2,3)11(18)19-4/h6,8H,1,7H2,2-4H3,(H,13,17). The summed E-state index contributed by atoms with van der Waals surface area (Å²) >= 11 is 0. The van der Waals surface area contributed by atoms with Crippen LogP contribution in [0, 0.1) is 0 Å². The van der Waals surface area contributed by atoms with Gasteiger partial charge >= 0.3 is 5.97 Å². The first-order valence-corrected chi connectivity index (χ1v) is 5.55. The maximum Gasteiger partial charge on any atom is 0.333 e. The van der Waals surface area contributed by atoms with Crippen LogP contribution in [0.2, 0.25) is 0 Å². The second-order valence-electron chi connectivity index (χ2n) is 4.27. The number of methoxy groups -OCH3 is 1. The second kappa shape index (κ2) is 5.97. The molecule has 0 unspecified atom stereocenters. The lowest BCUT2D eigenvalue weighted by molar-refractivity contribution is -0.150. The lowest BCUT2D eigenvalue weighted by Gasteiger charge is -2.20. The van der Waals surface area contributed by atoms with Crippen LogP contribution in [0.25, 0.3) is 0 Å². The number of nitrogens with one attached hydrogen (secondary N) is 1. The van der Waals surface area contributed by atoms with Gasteiger partial charge in [-0.05, 0) is 13.8 Å². The minimum Gasteiger partial charge on any atom is -0.467 e. The van der Waals surface area contributed by atoms with Gasteiger partial charge in [0.15, 0.2) is 5.54 Å². The lowest BCUT2D eigenvalue weighted by Crippen LogP contribution is -2.37. The van der Waals surface area contributed by atoms with Gasteiger partial charge < -0.3 is 10.1 Å². The number of nitrogens with zero attached hydrogens (tertiary/aromatic N) is 3. The lowest BCUT2D eigenvalue weighted by atomic mass is 10.1. The van der Waals surface area contributed by atoms with Crippen LogP contribution in [0.5, 0.6) is 0 Å².